The van der Waals surface area contributed by atoms with Gasteiger partial charge in [0.2, 0.25) is 5.91 Å². The molecule has 0 saturated heterocycles. The van der Waals surface area contributed by atoms with E-state index < -0.39 is 6.04 Å². The van der Waals surface area contributed by atoms with Crippen molar-refractivity contribution in [3.8, 4) is 5.75 Å². The first-order valence-electron chi connectivity index (χ1n) is 8.47. The highest BCUT2D eigenvalue weighted by Gasteiger charge is 2.29. The van der Waals surface area contributed by atoms with E-state index in [-0.39, 0.29) is 5.91 Å². The number of nitrogens with two attached hydrogens (primary N) is 1. The molecule has 1 aliphatic rings. The maximum Gasteiger partial charge on any atom is 0.244 e. The number of amides is 1. The first kappa shape index (κ1) is 17.8. The molecular weight excluding hydrogens is 336 g/mol. The number of methoxy groups -OCH3 is 1. The van der Waals surface area contributed by atoms with E-state index in [1.165, 1.54) is 5.56 Å². The first-order valence-corrected chi connectivity index (χ1v) is 8.84. The summed E-state index contributed by atoms with van der Waals surface area (Å²) < 4.78 is 5.16. The zero-order valence-corrected chi connectivity index (χ0v) is 15.3. The summed E-state index contributed by atoms with van der Waals surface area (Å²) >= 11 is 6.29. The third-order valence-electron chi connectivity index (χ3n) is 4.63. The van der Waals surface area contributed by atoms with Crippen molar-refractivity contribution in [1.82, 2.24) is 0 Å². The normalized spacial score (nSPS) is 17.8. The molecule has 3 rings (SSSR count). The Balaban J connectivity index is 1.79. The fourth-order valence-corrected chi connectivity index (χ4v) is 3.60. The Morgan fingerprint density at radius 3 is 2.84 bits per heavy atom. The van der Waals surface area contributed by atoms with Gasteiger partial charge < -0.3 is 15.4 Å². The van der Waals surface area contributed by atoms with E-state index in [1.54, 1.807) is 13.2 Å². The Bertz CT molecular complexity index is 778. The molecule has 2 aromatic rings. The van der Waals surface area contributed by atoms with Gasteiger partial charge in [0, 0.05) is 17.3 Å². The third-order valence-corrected chi connectivity index (χ3v) is 4.98. The molecule has 25 heavy (non-hydrogen) atoms. The van der Waals surface area contributed by atoms with E-state index in [0.29, 0.717) is 29.7 Å². The van der Waals surface area contributed by atoms with E-state index in [2.05, 4.69) is 13.0 Å². The van der Waals surface area contributed by atoms with Gasteiger partial charge in [0.25, 0.3) is 0 Å². The van der Waals surface area contributed by atoms with E-state index in [0.717, 1.165) is 17.7 Å². The number of nitrogens with zero attached hydrogens (tertiary/aromatic N) is 1. The Hall–Kier alpha value is -2.04. The van der Waals surface area contributed by atoms with Crippen LogP contribution in [0, 0.1) is 5.92 Å². The predicted molar refractivity (Wildman–Crippen MR) is 101 cm³/mol. The van der Waals surface area contributed by atoms with Crippen molar-refractivity contribution in [1.29, 1.82) is 0 Å². The Morgan fingerprint density at radius 1 is 1.36 bits per heavy atom. The summed E-state index contributed by atoms with van der Waals surface area (Å²) in [4.78, 5) is 14.8. The summed E-state index contributed by atoms with van der Waals surface area (Å²) in [5.41, 5.74) is 9.26. The summed E-state index contributed by atoms with van der Waals surface area (Å²) in [5, 5.41) is 0.565. The number of benzene rings is 2. The second kappa shape index (κ2) is 7.46. The molecular formula is C20H23ClN2O2. The van der Waals surface area contributed by atoms with Gasteiger partial charge in [-0.3, -0.25) is 4.79 Å². The standard InChI is InChI=1S/C20H23ClN2O2/c1-13-9-15-5-3-4-6-19(15)23(12-13)20(24)18(22)10-14-7-8-16(25-2)11-17(14)21/h3-8,11,13,18H,9-10,12,22H2,1-2H3. The maximum absolute atomic E-state index is 13.0. The van der Waals surface area contributed by atoms with Crippen LogP contribution in [0.1, 0.15) is 18.1 Å². The number of rotatable bonds is 4. The van der Waals surface area contributed by atoms with Gasteiger partial charge in [-0.2, -0.15) is 0 Å². The fraction of sp³-hybridized carbons (Fsp3) is 0.350. The molecule has 2 aromatic carbocycles. The smallest absolute Gasteiger partial charge is 0.244 e. The van der Waals surface area contributed by atoms with Crippen molar-refractivity contribution in [2.24, 2.45) is 11.7 Å². The number of ether oxygens (including phenoxy) is 1. The van der Waals surface area contributed by atoms with Crippen LogP contribution >= 0.6 is 11.6 Å². The van der Waals surface area contributed by atoms with Gasteiger partial charge >= 0.3 is 0 Å². The molecule has 1 heterocycles. The van der Waals surface area contributed by atoms with Crippen molar-refractivity contribution < 1.29 is 9.53 Å². The van der Waals surface area contributed by atoms with Crippen molar-refractivity contribution in [2.75, 3.05) is 18.6 Å². The van der Waals surface area contributed by atoms with Crippen LogP contribution in [0.5, 0.6) is 5.75 Å². The van der Waals surface area contributed by atoms with Crippen LogP contribution in [-0.4, -0.2) is 25.6 Å². The first-order chi connectivity index (χ1) is 12.0. The highest BCUT2D eigenvalue weighted by atomic mass is 35.5. The molecule has 4 nitrogen and oxygen atoms in total. The highest BCUT2D eigenvalue weighted by Crippen LogP contribution is 2.30. The minimum Gasteiger partial charge on any atom is -0.497 e. The predicted octanol–water partition coefficient (Wildman–Crippen LogP) is 3.44. The topological polar surface area (TPSA) is 55.6 Å². The Morgan fingerprint density at radius 2 is 2.12 bits per heavy atom. The van der Waals surface area contributed by atoms with Gasteiger partial charge in [0.15, 0.2) is 0 Å². The average Bonchev–Trinajstić information content (AvgIpc) is 2.61. The molecule has 0 saturated carbocycles. The fourth-order valence-electron chi connectivity index (χ4n) is 3.35. The summed E-state index contributed by atoms with van der Waals surface area (Å²) in [6.45, 7) is 2.85. The van der Waals surface area contributed by atoms with Crippen molar-refractivity contribution >= 4 is 23.2 Å². The summed E-state index contributed by atoms with van der Waals surface area (Å²) in [6, 6.07) is 12.8. The van der Waals surface area contributed by atoms with Crippen LogP contribution in [0.4, 0.5) is 5.69 Å². The quantitative estimate of drug-likeness (QED) is 0.910. The molecule has 1 aliphatic heterocycles. The molecule has 132 valence electrons. The third kappa shape index (κ3) is 3.80. The molecule has 0 bridgehead atoms. The number of hydrogen-bond donors (Lipinski definition) is 1. The van der Waals surface area contributed by atoms with Crippen LogP contribution in [0.15, 0.2) is 42.5 Å². The maximum atomic E-state index is 13.0. The lowest BCUT2D eigenvalue weighted by Crippen LogP contribution is -2.48. The van der Waals surface area contributed by atoms with Gasteiger partial charge in [-0.15, -0.1) is 0 Å². The number of para-hydroxylation sites is 1. The van der Waals surface area contributed by atoms with Gasteiger partial charge in [0.05, 0.1) is 13.2 Å². The van der Waals surface area contributed by atoms with Crippen LogP contribution in [0.25, 0.3) is 0 Å². The van der Waals surface area contributed by atoms with Crippen LogP contribution in [-0.2, 0) is 17.6 Å². The van der Waals surface area contributed by atoms with E-state index >= 15 is 0 Å². The summed E-state index contributed by atoms with van der Waals surface area (Å²) in [7, 11) is 1.59. The van der Waals surface area contributed by atoms with Gasteiger partial charge in [-0.25, -0.2) is 0 Å². The second-order valence-electron chi connectivity index (χ2n) is 6.65. The molecule has 2 unspecified atom stereocenters. The average molecular weight is 359 g/mol. The number of fused-ring (bicyclic) bond motifs is 1. The van der Waals surface area contributed by atoms with Crippen molar-refractivity contribution in [3.05, 3.63) is 58.6 Å². The van der Waals surface area contributed by atoms with Crippen LogP contribution < -0.4 is 15.4 Å². The molecule has 0 spiro atoms. The molecule has 2 atom stereocenters. The Labute approximate surface area is 153 Å². The lowest BCUT2D eigenvalue weighted by Gasteiger charge is -2.34. The van der Waals surface area contributed by atoms with E-state index in [1.807, 2.05) is 35.2 Å². The number of hydrogen-bond acceptors (Lipinski definition) is 3. The zero-order valence-electron chi connectivity index (χ0n) is 14.5. The SMILES string of the molecule is COc1ccc(CC(N)C(=O)N2CC(C)Cc3ccccc32)c(Cl)c1. The molecule has 5 heteroatoms. The lowest BCUT2D eigenvalue weighted by atomic mass is 9.93. The molecule has 2 N–H and O–H groups in total. The number of anilines is 1. The minimum absolute atomic E-state index is 0.0640. The number of carbonyl (C=O) groups excluding carboxylic acids is 1. The van der Waals surface area contributed by atoms with E-state index in [4.69, 9.17) is 22.1 Å². The van der Waals surface area contributed by atoms with Gasteiger partial charge in [0.1, 0.15) is 5.75 Å². The lowest BCUT2D eigenvalue weighted by molar-refractivity contribution is -0.120. The summed E-state index contributed by atoms with van der Waals surface area (Å²) in [5.74, 6) is 1.04. The monoisotopic (exact) mass is 358 g/mol. The molecule has 0 aromatic heterocycles. The molecule has 0 fully saturated rings. The zero-order chi connectivity index (χ0) is 18.0. The molecule has 0 radical (unpaired) electrons. The van der Waals surface area contributed by atoms with Crippen LogP contribution in [0.3, 0.4) is 0 Å². The highest BCUT2D eigenvalue weighted by molar-refractivity contribution is 6.31. The minimum atomic E-state index is -0.635. The largest absolute Gasteiger partial charge is 0.497 e. The summed E-state index contributed by atoms with van der Waals surface area (Å²) in [6.07, 6.45) is 1.38. The van der Waals surface area contributed by atoms with Crippen molar-refractivity contribution in [3.63, 3.8) is 0 Å². The Kier molecular flexibility index (Phi) is 5.30. The molecule has 0 aliphatic carbocycles. The molecule has 1 amide bonds. The van der Waals surface area contributed by atoms with Crippen molar-refractivity contribution in [2.45, 2.75) is 25.8 Å². The number of halogens is 1. The van der Waals surface area contributed by atoms with Gasteiger partial charge in [-0.1, -0.05) is 42.8 Å². The number of carbonyl (C=O) groups is 1. The van der Waals surface area contributed by atoms with Gasteiger partial charge in [-0.05, 0) is 48.1 Å². The van der Waals surface area contributed by atoms with E-state index in [9.17, 15) is 4.79 Å². The van der Waals surface area contributed by atoms with Crippen LogP contribution in [0.2, 0.25) is 5.02 Å². The second-order valence-corrected chi connectivity index (χ2v) is 7.06.